The van der Waals surface area contributed by atoms with Gasteiger partial charge in [-0.2, -0.15) is 17.5 Å². The third-order valence-electron chi connectivity index (χ3n) is 3.41. The average molecular weight is 359 g/mol. The molecule has 134 valence electrons. The van der Waals surface area contributed by atoms with E-state index >= 15 is 0 Å². The lowest BCUT2D eigenvalue weighted by Gasteiger charge is -2.46. The van der Waals surface area contributed by atoms with Gasteiger partial charge in [0.1, 0.15) is 12.1 Å². The van der Waals surface area contributed by atoms with Gasteiger partial charge in [-0.3, -0.25) is 9.59 Å². The maximum absolute atomic E-state index is 12.8. The van der Waals surface area contributed by atoms with E-state index in [1.165, 1.54) is 0 Å². The van der Waals surface area contributed by atoms with Crippen molar-refractivity contribution in [3.63, 3.8) is 0 Å². The summed E-state index contributed by atoms with van der Waals surface area (Å²) in [5.41, 5.74) is -1.95. The van der Waals surface area contributed by atoms with Gasteiger partial charge in [-0.15, -0.1) is 0 Å². The summed E-state index contributed by atoms with van der Waals surface area (Å²) < 4.78 is 62.3. The standard InChI is InChI=1S/C12H20F3N3O4S/c1-8(2)16-10(20)11(3)6-17(23(4,21)22)5-9(19)18(11)7-12(13,14)15/h8H,5-7H2,1-4H3,(H,16,20). The molecule has 0 radical (unpaired) electrons. The van der Waals surface area contributed by atoms with E-state index < -0.39 is 53.2 Å². The van der Waals surface area contributed by atoms with Crippen LogP contribution in [0.3, 0.4) is 0 Å². The summed E-state index contributed by atoms with van der Waals surface area (Å²) in [5.74, 6) is -1.90. The van der Waals surface area contributed by atoms with Crippen LogP contribution in [0.15, 0.2) is 0 Å². The van der Waals surface area contributed by atoms with Crippen LogP contribution >= 0.6 is 0 Å². The molecule has 0 aromatic rings. The lowest BCUT2D eigenvalue weighted by atomic mass is 9.95. The van der Waals surface area contributed by atoms with Gasteiger partial charge >= 0.3 is 6.18 Å². The van der Waals surface area contributed by atoms with Crippen LogP contribution in [0.1, 0.15) is 20.8 Å². The van der Waals surface area contributed by atoms with Crippen molar-refractivity contribution in [3.05, 3.63) is 0 Å². The molecule has 0 bridgehead atoms. The molecule has 1 N–H and O–H groups in total. The molecule has 1 saturated heterocycles. The van der Waals surface area contributed by atoms with Crippen molar-refractivity contribution in [1.82, 2.24) is 14.5 Å². The van der Waals surface area contributed by atoms with E-state index in [0.717, 1.165) is 13.2 Å². The average Bonchev–Trinajstić information content (AvgIpc) is 2.30. The molecule has 0 aliphatic carbocycles. The van der Waals surface area contributed by atoms with Gasteiger partial charge in [0.15, 0.2) is 0 Å². The quantitative estimate of drug-likeness (QED) is 0.762. The number of halogens is 3. The summed E-state index contributed by atoms with van der Waals surface area (Å²) in [4.78, 5) is 24.8. The van der Waals surface area contributed by atoms with Crippen LogP contribution in [0.25, 0.3) is 0 Å². The number of carbonyl (C=O) groups is 2. The third kappa shape index (κ3) is 4.80. The van der Waals surface area contributed by atoms with Crippen LogP contribution in [0.4, 0.5) is 13.2 Å². The van der Waals surface area contributed by atoms with Crippen molar-refractivity contribution in [2.45, 2.75) is 38.5 Å². The number of rotatable bonds is 4. The molecule has 0 spiro atoms. The maximum atomic E-state index is 12.8. The molecule has 1 unspecified atom stereocenters. The fourth-order valence-electron chi connectivity index (χ4n) is 2.28. The van der Waals surface area contributed by atoms with Gasteiger partial charge in [-0.1, -0.05) is 0 Å². The molecule has 1 aliphatic rings. The molecule has 1 fully saturated rings. The Hall–Kier alpha value is -1.36. The molecular formula is C12H20F3N3O4S. The van der Waals surface area contributed by atoms with E-state index in [9.17, 15) is 31.2 Å². The van der Waals surface area contributed by atoms with E-state index in [4.69, 9.17) is 0 Å². The minimum absolute atomic E-state index is 0.379. The number of piperazine rings is 1. The zero-order valence-electron chi connectivity index (χ0n) is 13.3. The highest BCUT2D eigenvalue weighted by molar-refractivity contribution is 7.88. The number of nitrogens with zero attached hydrogens (tertiary/aromatic N) is 2. The normalized spacial score (nSPS) is 24.2. The summed E-state index contributed by atoms with van der Waals surface area (Å²) in [7, 11) is -3.83. The van der Waals surface area contributed by atoms with Crippen molar-refractivity contribution >= 4 is 21.8 Å². The number of carbonyl (C=O) groups excluding carboxylic acids is 2. The van der Waals surface area contributed by atoms with E-state index in [2.05, 4.69) is 5.32 Å². The van der Waals surface area contributed by atoms with Crippen molar-refractivity contribution in [2.24, 2.45) is 0 Å². The number of nitrogens with one attached hydrogen (secondary N) is 1. The predicted octanol–water partition coefficient (Wildman–Crippen LogP) is -0.0642. The minimum Gasteiger partial charge on any atom is -0.352 e. The predicted molar refractivity (Wildman–Crippen MR) is 75.9 cm³/mol. The zero-order chi connectivity index (χ0) is 18.2. The number of hydrogen-bond donors (Lipinski definition) is 1. The number of amides is 2. The Morgan fingerprint density at radius 2 is 1.91 bits per heavy atom. The second-order valence-corrected chi connectivity index (χ2v) is 8.01. The molecule has 0 aromatic heterocycles. The molecular weight excluding hydrogens is 339 g/mol. The highest BCUT2D eigenvalue weighted by Crippen LogP contribution is 2.28. The highest BCUT2D eigenvalue weighted by atomic mass is 32.2. The highest BCUT2D eigenvalue weighted by Gasteiger charge is 2.52. The Balaban J connectivity index is 3.27. The molecule has 1 atom stereocenters. The minimum atomic E-state index is -4.71. The van der Waals surface area contributed by atoms with Gasteiger partial charge in [0.25, 0.3) is 0 Å². The summed E-state index contributed by atoms with van der Waals surface area (Å²) in [5, 5.41) is 2.44. The number of sulfonamides is 1. The maximum Gasteiger partial charge on any atom is 0.406 e. The molecule has 7 nitrogen and oxygen atoms in total. The second-order valence-electron chi connectivity index (χ2n) is 6.03. The van der Waals surface area contributed by atoms with Crippen LogP contribution in [-0.4, -0.2) is 73.1 Å². The van der Waals surface area contributed by atoms with Gasteiger partial charge in [-0.25, -0.2) is 8.42 Å². The first-order chi connectivity index (χ1) is 10.2. The first-order valence-electron chi connectivity index (χ1n) is 6.80. The first-order valence-corrected chi connectivity index (χ1v) is 8.65. The summed E-state index contributed by atoms with van der Waals surface area (Å²) in [6.07, 6.45) is -3.87. The number of hydrogen-bond acceptors (Lipinski definition) is 4. The van der Waals surface area contributed by atoms with Crippen LogP contribution < -0.4 is 5.32 Å². The van der Waals surface area contributed by atoms with Crippen molar-refractivity contribution < 1.29 is 31.2 Å². The Bertz CT molecular complexity index is 591. The molecule has 0 saturated carbocycles. The topological polar surface area (TPSA) is 86.8 Å². The fraction of sp³-hybridized carbons (Fsp3) is 0.833. The zero-order valence-corrected chi connectivity index (χ0v) is 14.1. The van der Waals surface area contributed by atoms with Crippen molar-refractivity contribution in [1.29, 1.82) is 0 Å². The van der Waals surface area contributed by atoms with E-state index in [1.54, 1.807) is 13.8 Å². The van der Waals surface area contributed by atoms with Crippen molar-refractivity contribution in [2.75, 3.05) is 25.9 Å². The molecule has 1 heterocycles. The van der Waals surface area contributed by atoms with Gasteiger partial charge in [-0.05, 0) is 20.8 Å². The van der Waals surface area contributed by atoms with Crippen LogP contribution in [0, 0.1) is 0 Å². The second kappa shape index (κ2) is 6.27. The Morgan fingerprint density at radius 3 is 2.30 bits per heavy atom. The molecule has 1 rings (SSSR count). The SMILES string of the molecule is CC(C)NC(=O)C1(C)CN(S(C)(=O)=O)CC(=O)N1CC(F)(F)F. The number of alkyl halides is 3. The van der Waals surface area contributed by atoms with Crippen LogP contribution in [0.2, 0.25) is 0 Å². The summed E-state index contributed by atoms with van der Waals surface area (Å²) in [6.45, 7) is 1.46. The Morgan fingerprint density at radius 1 is 1.39 bits per heavy atom. The van der Waals surface area contributed by atoms with E-state index in [-0.39, 0.29) is 6.04 Å². The smallest absolute Gasteiger partial charge is 0.352 e. The molecule has 0 aromatic carbocycles. The lowest BCUT2D eigenvalue weighted by molar-refractivity contribution is -0.181. The van der Waals surface area contributed by atoms with Crippen LogP contribution in [-0.2, 0) is 19.6 Å². The van der Waals surface area contributed by atoms with E-state index in [1.807, 2.05) is 0 Å². The molecule has 2 amide bonds. The molecule has 1 aliphatic heterocycles. The summed E-state index contributed by atoms with van der Waals surface area (Å²) >= 11 is 0. The molecule has 23 heavy (non-hydrogen) atoms. The van der Waals surface area contributed by atoms with Crippen LogP contribution in [0.5, 0.6) is 0 Å². The molecule has 11 heteroatoms. The fourth-order valence-corrected chi connectivity index (χ4v) is 3.12. The lowest BCUT2D eigenvalue weighted by Crippen LogP contribution is -2.71. The largest absolute Gasteiger partial charge is 0.406 e. The van der Waals surface area contributed by atoms with E-state index in [0.29, 0.717) is 9.21 Å². The van der Waals surface area contributed by atoms with Crippen molar-refractivity contribution in [3.8, 4) is 0 Å². The first kappa shape index (κ1) is 19.7. The summed E-state index contributed by atoms with van der Waals surface area (Å²) in [6, 6.07) is -0.379. The van der Waals surface area contributed by atoms with Gasteiger partial charge in [0.2, 0.25) is 21.8 Å². The Kier molecular flexibility index (Phi) is 5.36. The third-order valence-corrected chi connectivity index (χ3v) is 4.60. The van der Waals surface area contributed by atoms with Gasteiger partial charge < -0.3 is 10.2 Å². The Labute approximate surface area is 132 Å². The van der Waals surface area contributed by atoms with Gasteiger partial charge in [0.05, 0.1) is 12.8 Å². The van der Waals surface area contributed by atoms with Gasteiger partial charge in [0, 0.05) is 12.6 Å². The monoisotopic (exact) mass is 359 g/mol.